The molecule has 2 aromatic heterocycles. The van der Waals surface area contributed by atoms with E-state index in [9.17, 15) is 13.2 Å². The molecule has 0 amide bonds. The van der Waals surface area contributed by atoms with Crippen molar-refractivity contribution in [2.75, 3.05) is 25.2 Å². The first-order valence-corrected chi connectivity index (χ1v) is 12.7. The third-order valence-corrected chi connectivity index (χ3v) is 6.14. The average Bonchev–Trinajstić information content (AvgIpc) is 3.32. The fourth-order valence-electron chi connectivity index (χ4n) is 3.93. The van der Waals surface area contributed by atoms with Gasteiger partial charge in [-0.25, -0.2) is 23.2 Å². The van der Waals surface area contributed by atoms with E-state index in [1.165, 1.54) is 7.11 Å². The summed E-state index contributed by atoms with van der Waals surface area (Å²) < 4.78 is 41.9. The summed E-state index contributed by atoms with van der Waals surface area (Å²) in [6, 6.07) is 19.2. The Labute approximate surface area is 206 Å². The van der Waals surface area contributed by atoms with Gasteiger partial charge >= 0.3 is 5.97 Å². The van der Waals surface area contributed by atoms with Crippen LogP contribution in [0.25, 0.3) is 44.7 Å². The van der Waals surface area contributed by atoms with E-state index in [4.69, 9.17) is 18.9 Å². The Balaban J connectivity index is 1.66. The molecule has 5 rings (SSSR count). The van der Waals surface area contributed by atoms with Gasteiger partial charge in [-0.1, -0.05) is 18.2 Å². The first-order valence-electron chi connectivity index (χ1n) is 10.8. The van der Waals surface area contributed by atoms with Gasteiger partial charge in [0.15, 0.2) is 5.58 Å². The third kappa shape index (κ3) is 4.46. The number of aromatic nitrogens is 2. The van der Waals surface area contributed by atoms with E-state index < -0.39 is 16.0 Å². The van der Waals surface area contributed by atoms with Crippen molar-refractivity contribution in [3.63, 3.8) is 0 Å². The van der Waals surface area contributed by atoms with E-state index in [1.807, 2.05) is 24.3 Å². The number of rotatable bonds is 6. The molecule has 0 saturated carbocycles. The van der Waals surface area contributed by atoms with Gasteiger partial charge in [0.05, 0.1) is 42.6 Å². The standard InChI is InChI=1S/C26H21N3O6S/c1-33-18-6-4-5-16(13-18)25-28-21-12-11-20-23(24(21)35-25)19(26(30)34-2)14-22(27-20)15-7-9-17(10-8-15)29-36(3,31)32/h4-14,29H,1-3H3. The van der Waals surface area contributed by atoms with Crippen LogP contribution in [0.5, 0.6) is 5.75 Å². The normalized spacial score (nSPS) is 11.5. The minimum atomic E-state index is -3.40. The Kier molecular flexibility index (Phi) is 5.81. The molecular formula is C26H21N3O6S. The predicted molar refractivity (Wildman–Crippen MR) is 137 cm³/mol. The smallest absolute Gasteiger partial charge is 0.338 e. The zero-order valence-corrected chi connectivity index (χ0v) is 20.4. The van der Waals surface area contributed by atoms with Crippen LogP contribution in [0.3, 0.4) is 0 Å². The lowest BCUT2D eigenvalue weighted by molar-refractivity contribution is 0.0603. The summed E-state index contributed by atoms with van der Waals surface area (Å²) in [6.45, 7) is 0. The summed E-state index contributed by atoms with van der Waals surface area (Å²) in [5, 5.41) is 0.486. The number of anilines is 1. The summed E-state index contributed by atoms with van der Waals surface area (Å²) >= 11 is 0. The van der Waals surface area contributed by atoms with Crippen molar-refractivity contribution in [2.45, 2.75) is 0 Å². The van der Waals surface area contributed by atoms with Gasteiger partial charge in [0.25, 0.3) is 0 Å². The summed E-state index contributed by atoms with van der Waals surface area (Å²) in [6.07, 6.45) is 1.08. The second kappa shape index (κ2) is 8.97. The number of oxazole rings is 1. The van der Waals surface area contributed by atoms with Crippen LogP contribution in [-0.4, -0.2) is 44.8 Å². The molecule has 0 aliphatic heterocycles. The highest BCUT2D eigenvalue weighted by Gasteiger charge is 2.21. The molecule has 0 aliphatic carbocycles. The van der Waals surface area contributed by atoms with Crippen LogP contribution >= 0.6 is 0 Å². The zero-order chi connectivity index (χ0) is 25.4. The van der Waals surface area contributed by atoms with Crippen LogP contribution in [0.1, 0.15) is 10.4 Å². The number of hydrogen-bond donors (Lipinski definition) is 1. The number of hydrogen-bond acceptors (Lipinski definition) is 8. The molecule has 36 heavy (non-hydrogen) atoms. The van der Waals surface area contributed by atoms with Crippen molar-refractivity contribution < 1.29 is 27.1 Å². The van der Waals surface area contributed by atoms with Crippen molar-refractivity contribution in [1.82, 2.24) is 9.97 Å². The SMILES string of the molecule is COC(=O)c1cc(-c2ccc(NS(C)(=O)=O)cc2)nc2ccc3nc(-c4cccc(OC)c4)oc3c12. The van der Waals surface area contributed by atoms with Crippen molar-refractivity contribution in [3.05, 3.63) is 72.3 Å². The first kappa shape index (κ1) is 23.3. The average molecular weight is 504 g/mol. The molecule has 2 heterocycles. The highest BCUT2D eigenvalue weighted by molar-refractivity contribution is 7.92. The van der Waals surface area contributed by atoms with Crippen LogP contribution in [-0.2, 0) is 14.8 Å². The van der Waals surface area contributed by atoms with Crippen molar-refractivity contribution >= 4 is 43.7 Å². The quantitative estimate of drug-likeness (QED) is 0.326. The Hall–Kier alpha value is -4.44. The van der Waals surface area contributed by atoms with E-state index in [2.05, 4.69) is 9.71 Å². The Bertz CT molecular complexity index is 1730. The molecule has 3 aromatic carbocycles. The topological polar surface area (TPSA) is 121 Å². The van der Waals surface area contributed by atoms with E-state index in [0.717, 1.165) is 11.8 Å². The highest BCUT2D eigenvalue weighted by Crippen LogP contribution is 2.34. The van der Waals surface area contributed by atoms with Crippen LogP contribution in [0, 0.1) is 0 Å². The molecule has 0 spiro atoms. The van der Waals surface area contributed by atoms with Crippen molar-refractivity contribution in [2.24, 2.45) is 0 Å². The summed E-state index contributed by atoms with van der Waals surface area (Å²) in [5.74, 6) is 0.495. The van der Waals surface area contributed by atoms with Gasteiger partial charge in [-0.05, 0) is 48.5 Å². The Morgan fingerprint density at radius 2 is 1.67 bits per heavy atom. The Morgan fingerprint density at radius 3 is 2.36 bits per heavy atom. The highest BCUT2D eigenvalue weighted by atomic mass is 32.2. The van der Waals surface area contributed by atoms with Crippen LogP contribution in [0.4, 0.5) is 5.69 Å². The maximum Gasteiger partial charge on any atom is 0.338 e. The fraction of sp³-hybridized carbons (Fsp3) is 0.115. The maximum atomic E-state index is 12.8. The molecule has 0 fully saturated rings. The maximum absolute atomic E-state index is 12.8. The number of nitrogens with zero attached hydrogens (tertiary/aromatic N) is 2. The monoisotopic (exact) mass is 503 g/mol. The Morgan fingerprint density at radius 1 is 0.917 bits per heavy atom. The largest absolute Gasteiger partial charge is 0.497 e. The van der Waals surface area contributed by atoms with E-state index in [0.29, 0.717) is 50.6 Å². The molecule has 0 bridgehead atoms. The van der Waals surface area contributed by atoms with Gasteiger partial charge < -0.3 is 13.9 Å². The molecule has 10 heteroatoms. The number of carbonyl (C=O) groups excluding carboxylic acids is 1. The van der Waals surface area contributed by atoms with Gasteiger partial charge in [0, 0.05) is 16.8 Å². The van der Waals surface area contributed by atoms with Crippen LogP contribution in [0.2, 0.25) is 0 Å². The number of ether oxygens (including phenoxy) is 2. The van der Waals surface area contributed by atoms with Gasteiger partial charge in [0.1, 0.15) is 11.3 Å². The van der Waals surface area contributed by atoms with E-state index in [1.54, 1.807) is 49.6 Å². The van der Waals surface area contributed by atoms with Gasteiger partial charge in [-0.15, -0.1) is 0 Å². The number of esters is 1. The summed E-state index contributed by atoms with van der Waals surface area (Å²) in [5.41, 5.74) is 4.13. The van der Waals surface area contributed by atoms with Gasteiger partial charge in [-0.2, -0.15) is 0 Å². The van der Waals surface area contributed by atoms with Gasteiger partial charge in [0.2, 0.25) is 15.9 Å². The van der Waals surface area contributed by atoms with Gasteiger partial charge in [-0.3, -0.25) is 4.72 Å². The van der Waals surface area contributed by atoms with Crippen molar-refractivity contribution in [3.8, 4) is 28.5 Å². The van der Waals surface area contributed by atoms with E-state index in [-0.39, 0.29) is 5.56 Å². The first-order chi connectivity index (χ1) is 17.3. The predicted octanol–water partition coefficient (Wildman–Crippen LogP) is 4.88. The number of fused-ring (bicyclic) bond motifs is 3. The minimum absolute atomic E-state index is 0.273. The van der Waals surface area contributed by atoms with Crippen molar-refractivity contribution in [1.29, 1.82) is 0 Å². The number of methoxy groups -OCH3 is 2. The molecular weight excluding hydrogens is 482 g/mol. The number of sulfonamides is 1. The molecule has 5 aromatic rings. The number of nitrogens with one attached hydrogen (secondary N) is 1. The van der Waals surface area contributed by atoms with E-state index >= 15 is 0 Å². The minimum Gasteiger partial charge on any atom is -0.497 e. The van der Waals surface area contributed by atoms with Crippen LogP contribution in [0.15, 0.2) is 71.1 Å². The molecule has 9 nitrogen and oxygen atoms in total. The number of benzene rings is 3. The lowest BCUT2D eigenvalue weighted by Crippen LogP contribution is -2.09. The number of carbonyl (C=O) groups is 1. The molecule has 182 valence electrons. The summed E-state index contributed by atoms with van der Waals surface area (Å²) in [7, 11) is -0.507. The number of pyridine rings is 1. The third-order valence-electron chi connectivity index (χ3n) is 5.53. The fourth-order valence-corrected chi connectivity index (χ4v) is 4.49. The summed E-state index contributed by atoms with van der Waals surface area (Å²) in [4.78, 5) is 22.1. The zero-order valence-electron chi connectivity index (χ0n) is 19.6. The van der Waals surface area contributed by atoms with Crippen LogP contribution < -0.4 is 9.46 Å². The second-order valence-electron chi connectivity index (χ2n) is 8.06. The molecule has 0 saturated heterocycles. The second-order valence-corrected chi connectivity index (χ2v) is 9.81. The molecule has 0 aliphatic rings. The molecule has 0 unspecified atom stereocenters. The lowest BCUT2D eigenvalue weighted by Gasteiger charge is -2.10. The lowest BCUT2D eigenvalue weighted by atomic mass is 10.0. The molecule has 1 N–H and O–H groups in total. The molecule has 0 atom stereocenters. The molecule has 0 radical (unpaired) electrons.